The van der Waals surface area contributed by atoms with Gasteiger partial charge in [0.1, 0.15) is 0 Å². The Balaban J connectivity index is 0.000000561. The molecule has 3 heteroatoms. The van der Waals surface area contributed by atoms with Crippen LogP contribution in [0.2, 0.25) is 0 Å². The lowest BCUT2D eigenvalue weighted by atomic mass is 10.3. The molecule has 0 radical (unpaired) electrons. The largest absolute Gasteiger partial charge is 0.381 e. The minimum absolute atomic E-state index is 0.539. The topological polar surface area (TPSA) is 24.1 Å². The average molecular weight is 188 g/mol. The summed E-state index contributed by atoms with van der Waals surface area (Å²) < 4.78 is 0. The van der Waals surface area contributed by atoms with Gasteiger partial charge in [0.25, 0.3) is 0 Å². The Labute approximate surface area is 80.2 Å². The molecule has 0 spiro atoms. The molecule has 72 valence electrons. The van der Waals surface area contributed by atoms with Gasteiger partial charge in [-0.1, -0.05) is 32.5 Å². The monoisotopic (exact) mass is 188 g/mol. The fourth-order valence-corrected chi connectivity index (χ4v) is 2.08. The van der Waals surface area contributed by atoms with E-state index >= 15 is 0 Å². The van der Waals surface area contributed by atoms with Crippen LogP contribution in [0.3, 0.4) is 0 Å². The molecule has 1 atom stereocenters. The van der Waals surface area contributed by atoms with Crippen LogP contribution < -0.4 is 10.6 Å². The summed E-state index contributed by atoms with van der Waals surface area (Å²) in [6.45, 7) is 8.34. The van der Waals surface area contributed by atoms with Crippen molar-refractivity contribution in [2.45, 2.75) is 39.5 Å². The second-order valence-corrected chi connectivity index (χ2v) is 3.67. The fraction of sp³-hybridized carbons (Fsp3) is 0.778. The Morgan fingerprint density at radius 2 is 2.08 bits per heavy atom. The van der Waals surface area contributed by atoms with Crippen LogP contribution >= 0.6 is 11.8 Å². The summed E-state index contributed by atoms with van der Waals surface area (Å²) in [5.41, 5.74) is 1.35. The van der Waals surface area contributed by atoms with E-state index in [1.807, 2.05) is 32.7 Å². The van der Waals surface area contributed by atoms with Crippen molar-refractivity contribution in [3.8, 4) is 0 Å². The zero-order chi connectivity index (χ0) is 9.56. The normalized spacial score (nSPS) is 21.2. The van der Waals surface area contributed by atoms with Gasteiger partial charge in [-0.15, -0.1) is 0 Å². The van der Waals surface area contributed by atoms with E-state index in [1.165, 1.54) is 10.7 Å². The van der Waals surface area contributed by atoms with Crippen LogP contribution in [0.4, 0.5) is 0 Å². The third-order valence-corrected chi connectivity index (χ3v) is 2.68. The fourth-order valence-electron chi connectivity index (χ4n) is 1.06. The summed E-state index contributed by atoms with van der Waals surface area (Å²) >= 11 is 1.86. The summed E-state index contributed by atoms with van der Waals surface area (Å²) in [6, 6.07) is 0. The van der Waals surface area contributed by atoms with Crippen LogP contribution in [0.1, 0.15) is 34.1 Å². The minimum atomic E-state index is 0.539. The molecular formula is C9H20N2S. The average Bonchev–Trinajstić information content (AvgIpc) is 2.49. The van der Waals surface area contributed by atoms with Crippen LogP contribution in [0.5, 0.6) is 0 Å². The maximum atomic E-state index is 3.38. The minimum Gasteiger partial charge on any atom is -0.381 e. The van der Waals surface area contributed by atoms with Crippen molar-refractivity contribution in [3.63, 3.8) is 0 Å². The molecule has 1 unspecified atom stereocenters. The van der Waals surface area contributed by atoms with Crippen molar-refractivity contribution >= 4 is 11.8 Å². The van der Waals surface area contributed by atoms with Crippen molar-refractivity contribution < 1.29 is 0 Å². The van der Waals surface area contributed by atoms with Crippen molar-refractivity contribution in [1.29, 1.82) is 0 Å². The van der Waals surface area contributed by atoms with Gasteiger partial charge in [-0.05, 0) is 13.3 Å². The molecule has 1 heterocycles. The quantitative estimate of drug-likeness (QED) is 0.696. The highest BCUT2D eigenvalue weighted by Gasteiger charge is 2.17. The predicted molar refractivity (Wildman–Crippen MR) is 57.9 cm³/mol. The SMILES string of the molecule is CC.CCC1=C(NC)SC(C)N1. The van der Waals surface area contributed by atoms with Gasteiger partial charge in [0.15, 0.2) is 0 Å². The molecule has 1 aliphatic heterocycles. The maximum Gasteiger partial charge on any atom is 0.0892 e. The summed E-state index contributed by atoms with van der Waals surface area (Å²) in [6.07, 6.45) is 1.09. The van der Waals surface area contributed by atoms with Crippen molar-refractivity contribution in [2.24, 2.45) is 0 Å². The Kier molecular flexibility index (Phi) is 6.07. The highest BCUT2D eigenvalue weighted by Crippen LogP contribution is 2.28. The van der Waals surface area contributed by atoms with E-state index in [0.29, 0.717) is 5.37 Å². The molecule has 1 rings (SSSR count). The number of nitrogens with one attached hydrogen (secondary N) is 2. The molecule has 0 fully saturated rings. The molecule has 1 aliphatic rings. The third-order valence-electron chi connectivity index (χ3n) is 1.53. The van der Waals surface area contributed by atoms with Gasteiger partial charge in [0.2, 0.25) is 0 Å². The maximum absolute atomic E-state index is 3.38. The molecule has 0 amide bonds. The zero-order valence-electron chi connectivity index (χ0n) is 8.69. The summed E-state index contributed by atoms with van der Waals surface area (Å²) in [5.74, 6) is 0. The van der Waals surface area contributed by atoms with Gasteiger partial charge in [0, 0.05) is 12.7 Å². The smallest absolute Gasteiger partial charge is 0.0892 e. The van der Waals surface area contributed by atoms with E-state index in [2.05, 4.69) is 24.5 Å². The third kappa shape index (κ3) is 2.97. The number of hydrogen-bond acceptors (Lipinski definition) is 3. The Hall–Kier alpha value is -0.310. The second-order valence-electron chi connectivity index (χ2n) is 2.32. The summed E-state index contributed by atoms with van der Waals surface area (Å²) in [4.78, 5) is 0. The highest BCUT2D eigenvalue weighted by atomic mass is 32.2. The van der Waals surface area contributed by atoms with Crippen LogP contribution in [0.25, 0.3) is 0 Å². The van der Waals surface area contributed by atoms with E-state index in [0.717, 1.165) is 6.42 Å². The molecule has 0 saturated heterocycles. The molecule has 0 aromatic rings. The standard InChI is InChI=1S/C7H14N2S.C2H6/c1-4-6-7(8-3)10-5(2)9-6;1-2/h5,8-9H,4H2,1-3H3;1-2H3. The van der Waals surface area contributed by atoms with E-state index in [4.69, 9.17) is 0 Å². The van der Waals surface area contributed by atoms with Gasteiger partial charge < -0.3 is 10.6 Å². The van der Waals surface area contributed by atoms with Crippen LogP contribution in [0.15, 0.2) is 10.7 Å². The second kappa shape index (κ2) is 6.23. The first-order valence-electron chi connectivity index (χ1n) is 4.62. The lowest BCUT2D eigenvalue weighted by Crippen LogP contribution is -2.15. The molecule has 2 nitrogen and oxygen atoms in total. The lowest BCUT2D eigenvalue weighted by molar-refractivity contribution is 0.773. The van der Waals surface area contributed by atoms with Gasteiger partial charge in [-0.25, -0.2) is 0 Å². The first-order chi connectivity index (χ1) is 5.77. The first kappa shape index (κ1) is 11.7. The molecule has 0 aliphatic carbocycles. The molecule has 0 saturated carbocycles. The van der Waals surface area contributed by atoms with E-state index in [9.17, 15) is 0 Å². The number of rotatable bonds is 2. The van der Waals surface area contributed by atoms with Gasteiger partial charge in [0.05, 0.1) is 10.4 Å². The van der Waals surface area contributed by atoms with Crippen molar-refractivity contribution in [2.75, 3.05) is 7.05 Å². The van der Waals surface area contributed by atoms with Crippen molar-refractivity contribution in [1.82, 2.24) is 10.6 Å². The Morgan fingerprint density at radius 1 is 1.50 bits per heavy atom. The van der Waals surface area contributed by atoms with Crippen LogP contribution in [0, 0.1) is 0 Å². The first-order valence-corrected chi connectivity index (χ1v) is 5.50. The zero-order valence-corrected chi connectivity index (χ0v) is 9.51. The van der Waals surface area contributed by atoms with Crippen molar-refractivity contribution in [3.05, 3.63) is 10.7 Å². The summed E-state index contributed by atoms with van der Waals surface area (Å²) in [5, 5.41) is 8.40. The molecule has 0 bridgehead atoms. The van der Waals surface area contributed by atoms with E-state index < -0.39 is 0 Å². The molecule has 2 N–H and O–H groups in total. The van der Waals surface area contributed by atoms with Gasteiger partial charge in [-0.2, -0.15) is 0 Å². The molecule has 0 aromatic heterocycles. The van der Waals surface area contributed by atoms with E-state index in [1.54, 1.807) is 0 Å². The molecular weight excluding hydrogens is 168 g/mol. The lowest BCUT2D eigenvalue weighted by Gasteiger charge is -2.02. The van der Waals surface area contributed by atoms with Gasteiger partial charge >= 0.3 is 0 Å². The Morgan fingerprint density at radius 3 is 2.42 bits per heavy atom. The number of thioether (sulfide) groups is 1. The highest BCUT2D eigenvalue weighted by molar-refractivity contribution is 8.03. The van der Waals surface area contributed by atoms with Gasteiger partial charge in [-0.3, -0.25) is 0 Å². The Bertz CT molecular complexity index is 139. The van der Waals surface area contributed by atoms with E-state index in [-0.39, 0.29) is 0 Å². The van der Waals surface area contributed by atoms with Crippen LogP contribution in [-0.4, -0.2) is 12.4 Å². The summed E-state index contributed by atoms with van der Waals surface area (Å²) in [7, 11) is 1.97. The predicted octanol–water partition coefficient (Wildman–Crippen LogP) is 2.49. The van der Waals surface area contributed by atoms with Crippen LogP contribution in [-0.2, 0) is 0 Å². The number of allylic oxidation sites excluding steroid dienone is 1. The molecule has 12 heavy (non-hydrogen) atoms. The number of hydrogen-bond donors (Lipinski definition) is 2. The molecule has 0 aromatic carbocycles.